The van der Waals surface area contributed by atoms with E-state index in [-0.39, 0.29) is 11.0 Å². The van der Waals surface area contributed by atoms with Gasteiger partial charge in [0.25, 0.3) is 5.82 Å². The van der Waals surface area contributed by atoms with Gasteiger partial charge in [0.2, 0.25) is 0 Å². The number of carbonyl (C=O) groups excluding carboxylic acids is 1. The first-order valence-electron chi connectivity index (χ1n) is 3.68. The lowest BCUT2D eigenvalue weighted by Crippen LogP contribution is -2.08. The summed E-state index contributed by atoms with van der Waals surface area (Å²) in [6, 6.07) is 3.17. The Labute approximate surface area is 83.5 Å². The normalized spacial score (nSPS) is 10.4. The number of rotatable bonds is 1. The van der Waals surface area contributed by atoms with Crippen LogP contribution >= 0.6 is 11.6 Å². The molecule has 2 aromatic heterocycles. The molecule has 0 N–H and O–H groups in total. The van der Waals surface area contributed by atoms with E-state index in [0.29, 0.717) is 5.65 Å². The van der Waals surface area contributed by atoms with Gasteiger partial charge in [-0.3, -0.25) is 0 Å². The van der Waals surface area contributed by atoms with E-state index >= 15 is 0 Å². The molecule has 2 heterocycles. The van der Waals surface area contributed by atoms with Crippen LogP contribution in [0.4, 0.5) is 0 Å². The zero-order chi connectivity index (χ0) is 10.1. The number of esters is 1. The maximum atomic E-state index is 11.2. The summed E-state index contributed by atoms with van der Waals surface area (Å²) >= 11 is 5.66. The second-order valence-electron chi connectivity index (χ2n) is 2.44. The third-order valence-corrected chi connectivity index (χ3v) is 1.80. The second-order valence-corrected chi connectivity index (χ2v) is 2.83. The van der Waals surface area contributed by atoms with Gasteiger partial charge in [-0.05, 0) is 12.1 Å². The number of hydrogen-bond donors (Lipinski definition) is 0. The monoisotopic (exact) mass is 212 g/mol. The predicted octanol–water partition coefficient (Wildman–Crippen LogP) is 0.564. The van der Waals surface area contributed by atoms with E-state index < -0.39 is 5.97 Å². The average Bonchev–Trinajstić information content (AvgIpc) is 2.59. The van der Waals surface area contributed by atoms with E-state index in [9.17, 15) is 4.79 Å². The Hall–Kier alpha value is -1.69. The molecule has 0 aliphatic rings. The molecule has 0 amide bonds. The van der Waals surface area contributed by atoms with Crippen molar-refractivity contribution in [2.75, 3.05) is 7.11 Å². The van der Waals surface area contributed by atoms with Gasteiger partial charge in [0.05, 0.1) is 7.11 Å². The van der Waals surface area contributed by atoms with Gasteiger partial charge in [0.15, 0.2) is 5.65 Å². The first-order chi connectivity index (χ1) is 6.72. The molecule has 2 aromatic rings. The molecule has 0 saturated carbocycles. The number of aromatic nitrogens is 4. The van der Waals surface area contributed by atoms with Crippen LogP contribution in [0.2, 0.25) is 5.15 Å². The molecule has 0 bridgehead atoms. The van der Waals surface area contributed by atoms with E-state index in [1.54, 1.807) is 12.1 Å². The van der Waals surface area contributed by atoms with Crippen LogP contribution in [0, 0.1) is 0 Å². The van der Waals surface area contributed by atoms with Gasteiger partial charge < -0.3 is 4.74 Å². The van der Waals surface area contributed by atoms with Crippen molar-refractivity contribution >= 4 is 23.2 Å². The number of fused-ring (bicyclic) bond motifs is 1. The summed E-state index contributed by atoms with van der Waals surface area (Å²) in [5.74, 6) is -0.600. The molecule has 0 aliphatic carbocycles. The molecule has 0 fully saturated rings. The molecule has 0 saturated heterocycles. The van der Waals surface area contributed by atoms with Crippen molar-refractivity contribution in [1.82, 2.24) is 19.8 Å². The van der Waals surface area contributed by atoms with Crippen molar-refractivity contribution in [2.24, 2.45) is 0 Å². The smallest absolute Gasteiger partial charge is 0.378 e. The van der Waals surface area contributed by atoms with Crippen molar-refractivity contribution in [3.63, 3.8) is 0 Å². The number of hydrogen-bond acceptors (Lipinski definition) is 5. The van der Waals surface area contributed by atoms with Crippen molar-refractivity contribution in [3.8, 4) is 0 Å². The fraction of sp³-hybridized carbons (Fsp3) is 0.143. The molecule has 0 radical (unpaired) electrons. The lowest BCUT2D eigenvalue weighted by Gasteiger charge is -1.96. The van der Waals surface area contributed by atoms with Crippen LogP contribution in [0.15, 0.2) is 12.1 Å². The Morgan fingerprint density at radius 1 is 1.50 bits per heavy atom. The fourth-order valence-corrected chi connectivity index (χ4v) is 1.12. The summed E-state index contributed by atoms with van der Waals surface area (Å²) in [6.45, 7) is 0. The van der Waals surface area contributed by atoms with Crippen molar-refractivity contribution < 1.29 is 9.53 Å². The van der Waals surface area contributed by atoms with Gasteiger partial charge in [0, 0.05) is 0 Å². The van der Waals surface area contributed by atoms with Gasteiger partial charge in [-0.1, -0.05) is 11.6 Å². The lowest BCUT2D eigenvalue weighted by atomic mass is 10.5. The minimum atomic E-state index is -0.604. The SMILES string of the molecule is COC(=O)c1nnc2ccc(Cl)nn12. The van der Waals surface area contributed by atoms with E-state index in [0.717, 1.165) is 0 Å². The standard InChI is InChI=1S/C7H5ClN4O2/c1-14-7(13)6-10-9-5-3-2-4(8)11-12(5)6/h2-3H,1H3. The molecule has 6 nitrogen and oxygen atoms in total. The summed E-state index contributed by atoms with van der Waals surface area (Å²) in [5.41, 5.74) is 0.440. The second kappa shape index (κ2) is 3.22. The van der Waals surface area contributed by atoms with E-state index in [4.69, 9.17) is 11.6 Å². The van der Waals surface area contributed by atoms with Gasteiger partial charge in [-0.25, -0.2) is 4.79 Å². The molecule has 7 heteroatoms. The van der Waals surface area contributed by atoms with Crippen LogP contribution in [0.5, 0.6) is 0 Å². The predicted molar refractivity (Wildman–Crippen MR) is 47.1 cm³/mol. The van der Waals surface area contributed by atoms with Crippen LogP contribution < -0.4 is 0 Å². The lowest BCUT2D eigenvalue weighted by molar-refractivity contribution is 0.0583. The van der Waals surface area contributed by atoms with Crippen molar-refractivity contribution in [2.45, 2.75) is 0 Å². The average molecular weight is 213 g/mol. The zero-order valence-corrected chi connectivity index (χ0v) is 7.89. The number of ether oxygens (including phenoxy) is 1. The quantitative estimate of drug-likeness (QED) is 0.647. The summed E-state index contributed by atoms with van der Waals surface area (Å²) in [6.07, 6.45) is 0. The molecule has 0 unspecified atom stereocenters. The van der Waals surface area contributed by atoms with Gasteiger partial charge in [-0.2, -0.15) is 9.61 Å². The van der Waals surface area contributed by atoms with Crippen LogP contribution in [0.25, 0.3) is 5.65 Å². The van der Waals surface area contributed by atoms with Gasteiger partial charge >= 0.3 is 5.97 Å². The summed E-state index contributed by atoms with van der Waals surface area (Å²) in [5, 5.41) is 11.5. The molecule has 0 aliphatic heterocycles. The van der Waals surface area contributed by atoms with Crippen molar-refractivity contribution in [3.05, 3.63) is 23.1 Å². The highest BCUT2D eigenvalue weighted by atomic mass is 35.5. The minimum Gasteiger partial charge on any atom is -0.463 e. The van der Waals surface area contributed by atoms with E-state index in [1.807, 2.05) is 0 Å². The van der Waals surface area contributed by atoms with Gasteiger partial charge in [0.1, 0.15) is 5.15 Å². The Morgan fingerprint density at radius 3 is 3.00 bits per heavy atom. The maximum Gasteiger partial charge on any atom is 0.378 e. The van der Waals surface area contributed by atoms with Crippen LogP contribution in [-0.4, -0.2) is 32.9 Å². The molecule has 0 atom stereocenters. The fourth-order valence-electron chi connectivity index (χ4n) is 0.985. The van der Waals surface area contributed by atoms with Crippen molar-refractivity contribution in [1.29, 1.82) is 0 Å². The highest BCUT2D eigenvalue weighted by molar-refractivity contribution is 6.29. The van der Waals surface area contributed by atoms with E-state index in [1.165, 1.54) is 11.6 Å². The third-order valence-electron chi connectivity index (χ3n) is 1.60. The summed E-state index contributed by atoms with van der Waals surface area (Å²) in [7, 11) is 1.26. The largest absolute Gasteiger partial charge is 0.463 e. The van der Waals surface area contributed by atoms with Gasteiger partial charge in [-0.15, -0.1) is 10.2 Å². The molecule has 0 spiro atoms. The Balaban J connectivity index is 2.67. The molecule has 0 aromatic carbocycles. The topological polar surface area (TPSA) is 69.4 Å². The number of carbonyl (C=O) groups is 1. The summed E-state index contributed by atoms with van der Waals surface area (Å²) < 4.78 is 5.73. The Kier molecular flexibility index (Phi) is 2.05. The summed E-state index contributed by atoms with van der Waals surface area (Å²) in [4.78, 5) is 11.2. The number of halogens is 1. The molecule has 2 rings (SSSR count). The third kappa shape index (κ3) is 1.29. The highest BCUT2D eigenvalue weighted by Gasteiger charge is 2.15. The highest BCUT2D eigenvalue weighted by Crippen LogP contribution is 2.07. The maximum absolute atomic E-state index is 11.2. The Bertz CT molecular complexity index is 495. The van der Waals surface area contributed by atoms with E-state index in [2.05, 4.69) is 20.0 Å². The first kappa shape index (κ1) is 8.89. The zero-order valence-electron chi connectivity index (χ0n) is 7.14. The minimum absolute atomic E-state index is 0.00463. The Morgan fingerprint density at radius 2 is 2.29 bits per heavy atom. The van der Waals surface area contributed by atoms with Crippen LogP contribution in [-0.2, 0) is 4.74 Å². The van der Waals surface area contributed by atoms with Crippen LogP contribution in [0.1, 0.15) is 10.6 Å². The molecular weight excluding hydrogens is 208 g/mol. The first-order valence-corrected chi connectivity index (χ1v) is 4.06. The molecular formula is C7H5ClN4O2. The molecule has 14 heavy (non-hydrogen) atoms. The van der Waals surface area contributed by atoms with Crippen LogP contribution in [0.3, 0.4) is 0 Å². The number of methoxy groups -OCH3 is 1. The number of nitrogens with zero attached hydrogens (tertiary/aromatic N) is 4. The molecule has 72 valence electrons.